The fraction of sp³-hybridized carbons (Fsp3) is 0.500. The van der Waals surface area contributed by atoms with Gasteiger partial charge >= 0.3 is 6.18 Å². The van der Waals surface area contributed by atoms with Crippen molar-refractivity contribution >= 4 is 5.91 Å². The van der Waals surface area contributed by atoms with E-state index in [1.807, 2.05) is 0 Å². The lowest BCUT2D eigenvalue weighted by atomic mass is 10.1. The molecule has 0 spiro atoms. The number of hydrogen-bond acceptors (Lipinski definition) is 3. The summed E-state index contributed by atoms with van der Waals surface area (Å²) in [6.07, 6.45) is -3.40. The molecule has 0 saturated carbocycles. The lowest BCUT2D eigenvalue weighted by Crippen LogP contribution is -2.42. The standard InChI is InChI=1S/C8H11F3N4O/c1-4(6(12)7(13)16)15-3-2-5(14-15)8(9,10)11/h2-4,6H,12H2,1H3,(H2,13,16). The zero-order valence-corrected chi connectivity index (χ0v) is 8.40. The Hall–Kier alpha value is -1.57. The van der Waals surface area contributed by atoms with Gasteiger partial charge in [0.1, 0.15) is 6.04 Å². The van der Waals surface area contributed by atoms with E-state index in [9.17, 15) is 18.0 Å². The SMILES string of the molecule is CC(C(N)C(N)=O)n1ccc(C(F)(F)F)n1. The summed E-state index contributed by atoms with van der Waals surface area (Å²) in [4.78, 5) is 10.8. The van der Waals surface area contributed by atoms with E-state index in [0.29, 0.717) is 0 Å². The van der Waals surface area contributed by atoms with Crippen LogP contribution in [0, 0.1) is 0 Å². The summed E-state index contributed by atoms with van der Waals surface area (Å²) in [7, 11) is 0. The van der Waals surface area contributed by atoms with Crippen LogP contribution in [-0.2, 0) is 11.0 Å². The van der Waals surface area contributed by atoms with Gasteiger partial charge in [0.15, 0.2) is 5.69 Å². The van der Waals surface area contributed by atoms with Crippen molar-refractivity contribution in [3.8, 4) is 0 Å². The quantitative estimate of drug-likeness (QED) is 0.789. The number of carbonyl (C=O) groups is 1. The summed E-state index contributed by atoms with van der Waals surface area (Å²) < 4.78 is 37.6. The fourth-order valence-electron chi connectivity index (χ4n) is 1.12. The van der Waals surface area contributed by atoms with E-state index in [0.717, 1.165) is 16.9 Å². The van der Waals surface area contributed by atoms with Crippen LogP contribution in [-0.4, -0.2) is 21.7 Å². The van der Waals surface area contributed by atoms with Crippen molar-refractivity contribution < 1.29 is 18.0 Å². The normalized spacial score (nSPS) is 15.8. The van der Waals surface area contributed by atoms with Crippen LogP contribution in [0.15, 0.2) is 12.3 Å². The lowest BCUT2D eigenvalue weighted by molar-refractivity contribution is -0.141. The van der Waals surface area contributed by atoms with Crippen molar-refractivity contribution in [3.05, 3.63) is 18.0 Å². The second-order valence-corrected chi connectivity index (χ2v) is 3.35. The molecule has 0 radical (unpaired) electrons. The Kier molecular flexibility index (Phi) is 3.22. The number of primary amides is 1. The zero-order valence-electron chi connectivity index (χ0n) is 8.40. The van der Waals surface area contributed by atoms with Crippen molar-refractivity contribution in [2.75, 3.05) is 0 Å². The predicted molar refractivity (Wildman–Crippen MR) is 49.1 cm³/mol. The first kappa shape index (κ1) is 12.5. The first-order valence-corrected chi connectivity index (χ1v) is 4.40. The van der Waals surface area contributed by atoms with E-state index in [1.54, 1.807) is 0 Å². The summed E-state index contributed by atoms with van der Waals surface area (Å²) >= 11 is 0. The summed E-state index contributed by atoms with van der Waals surface area (Å²) in [5.41, 5.74) is 9.30. The smallest absolute Gasteiger partial charge is 0.368 e. The molecule has 4 N–H and O–H groups in total. The number of aromatic nitrogens is 2. The number of halogens is 3. The number of alkyl halides is 3. The number of rotatable bonds is 3. The largest absolute Gasteiger partial charge is 0.435 e. The molecule has 90 valence electrons. The number of nitrogens with zero attached hydrogens (tertiary/aromatic N) is 2. The molecule has 16 heavy (non-hydrogen) atoms. The Morgan fingerprint density at radius 2 is 2.12 bits per heavy atom. The topological polar surface area (TPSA) is 86.9 Å². The van der Waals surface area contributed by atoms with Crippen LogP contribution in [0.2, 0.25) is 0 Å². The van der Waals surface area contributed by atoms with Gasteiger partial charge in [-0.25, -0.2) is 0 Å². The van der Waals surface area contributed by atoms with Crippen LogP contribution in [0.4, 0.5) is 13.2 Å². The van der Waals surface area contributed by atoms with Crippen LogP contribution in [0.5, 0.6) is 0 Å². The minimum atomic E-state index is -4.51. The minimum Gasteiger partial charge on any atom is -0.368 e. The maximum atomic E-state index is 12.2. The van der Waals surface area contributed by atoms with Gasteiger partial charge in [0.05, 0.1) is 6.04 Å². The molecular formula is C8H11F3N4O. The van der Waals surface area contributed by atoms with Gasteiger partial charge in [0, 0.05) is 6.20 Å². The molecule has 0 fully saturated rings. The van der Waals surface area contributed by atoms with E-state index >= 15 is 0 Å². The lowest BCUT2D eigenvalue weighted by Gasteiger charge is -2.17. The van der Waals surface area contributed by atoms with E-state index < -0.39 is 29.9 Å². The van der Waals surface area contributed by atoms with E-state index in [2.05, 4.69) is 5.10 Å². The Bertz CT molecular complexity index is 387. The third kappa shape index (κ3) is 2.51. The molecule has 5 nitrogen and oxygen atoms in total. The van der Waals surface area contributed by atoms with Gasteiger partial charge < -0.3 is 11.5 Å². The molecule has 0 saturated heterocycles. The Balaban J connectivity index is 2.90. The van der Waals surface area contributed by atoms with Crippen molar-refractivity contribution in [2.24, 2.45) is 11.5 Å². The highest BCUT2D eigenvalue weighted by molar-refractivity contribution is 5.80. The molecule has 0 aromatic carbocycles. The van der Waals surface area contributed by atoms with E-state index in [4.69, 9.17) is 11.5 Å². The first-order chi connectivity index (χ1) is 7.23. The third-order valence-electron chi connectivity index (χ3n) is 2.16. The van der Waals surface area contributed by atoms with Gasteiger partial charge in [-0.05, 0) is 13.0 Å². The maximum Gasteiger partial charge on any atom is 0.435 e. The number of hydrogen-bond donors (Lipinski definition) is 2. The molecule has 1 aromatic heterocycles. The zero-order chi connectivity index (χ0) is 12.5. The molecule has 0 bridgehead atoms. The Morgan fingerprint density at radius 1 is 1.56 bits per heavy atom. The summed E-state index contributed by atoms with van der Waals surface area (Å²) in [6.45, 7) is 1.46. The average Bonchev–Trinajstić information content (AvgIpc) is 2.63. The molecule has 0 aliphatic rings. The van der Waals surface area contributed by atoms with Gasteiger partial charge in [0.2, 0.25) is 5.91 Å². The summed E-state index contributed by atoms with van der Waals surface area (Å²) in [5, 5.41) is 3.29. The monoisotopic (exact) mass is 236 g/mol. The van der Waals surface area contributed by atoms with Crippen LogP contribution in [0.1, 0.15) is 18.7 Å². The first-order valence-electron chi connectivity index (χ1n) is 4.40. The summed E-state index contributed by atoms with van der Waals surface area (Å²) in [5.74, 6) is -0.795. The van der Waals surface area contributed by atoms with Gasteiger partial charge in [-0.1, -0.05) is 0 Å². The van der Waals surface area contributed by atoms with Gasteiger partial charge in [-0.3, -0.25) is 9.48 Å². The number of nitrogens with two attached hydrogens (primary N) is 2. The summed E-state index contributed by atoms with van der Waals surface area (Å²) in [6, 6.07) is -1.00. The third-order valence-corrected chi connectivity index (χ3v) is 2.16. The minimum absolute atomic E-state index is 0.728. The van der Waals surface area contributed by atoms with Crippen LogP contribution >= 0.6 is 0 Å². The molecule has 1 rings (SSSR count). The molecular weight excluding hydrogens is 225 g/mol. The highest BCUT2D eigenvalue weighted by Crippen LogP contribution is 2.27. The second-order valence-electron chi connectivity index (χ2n) is 3.35. The molecule has 2 atom stereocenters. The van der Waals surface area contributed by atoms with Gasteiger partial charge in [-0.2, -0.15) is 18.3 Å². The maximum absolute atomic E-state index is 12.2. The molecule has 1 amide bonds. The van der Waals surface area contributed by atoms with E-state index in [-0.39, 0.29) is 0 Å². The van der Waals surface area contributed by atoms with Crippen LogP contribution < -0.4 is 11.5 Å². The molecule has 1 aromatic rings. The predicted octanol–water partition coefficient (Wildman–Crippen LogP) is 0.276. The molecule has 1 heterocycles. The molecule has 0 aliphatic heterocycles. The van der Waals surface area contributed by atoms with Gasteiger partial charge in [0.25, 0.3) is 0 Å². The van der Waals surface area contributed by atoms with Crippen molar-refractivity contribution in [1.29, 1.82) is 0 Å². The molecule has 0 aliphatic carbocycles. The second kappa shape index (κ2) is 4.12. The molecule has 2 unspecified atom stereocenters. The van der Waals surface area contributed by atoms with Crippen molar-refractivity contribution in [3.63, 3.8) is 0 Å². The number of amides is 1. The van der Waals surface area contributed by atoms with E-state index in [1.165, 1.54) is 6.92 Å². The Morgan fingerprint density at radius 3 is 2.50 bits per heavy atom. The average molecular weight is 236 g/mol. The fourth-order valence-corrected chi connectivity index (χ4v) is 1.12. The van der Waals surface area contributed by atoms with Crippen molar-refractivity contribution in [1.82, 2.24) is 9.78 Å². The van der Waals surface area contributed by atoms with Crippen LogP contribution in [0.25, 0.3) is 0 Å². The highest BCUT2D eigenvalue weighted by Gasteiger charge is 2.34. The van der Waals surface area contributed by atoms with Crippen molar-refractivity contribution in [2.45, 2.75) is 25.2 Å². The highest BCUT2D eigenvalue weighted by atomic mass is 19.4. The van der Waals surface area contributed by atoms with Gasteiger partial charge in [-0.15, -0.1) is 0 Å². The molecule has 8 heteroatoms. The van der Waals surface area contributed by atoms with Crippen LogP contribution in [0.3, 0.4) is 0 Å². The Labute approximate surface area is 89.2 Å². The number of carbonyl (C=O) groups excluding carboxylic acids is 1.